The van der Waals surface area contributed by atoms with Gasteiger partial charge in [0.15, 0.2) is 10.8 Å². The molecule has 2 aliphatic heterocycles. The standard InChI is InChI=1S/C14H16ClN7O/c1-20-2-3-21(14(20)23)10-4-8-5-11(10)22(7-8)13-17-12(15)9(6-16)18-19-13/h8,10-11H,2-5,7H2,1H3. The van der Waals surface area contributed by atoms with Gasteiger partial charge in [0.2, 0.25) is 5.95 Å². The normalized spacial score (nSPS) is 29.5. The number of fused-ring (bicyclic) bond motifs is 2. The fourth-order valence-corrected chi connectivity index (χ4v) is 4.18. The molecule has 3 unspecified atom stereocenters. The largest absolute Gasteiger partial charge is 0.334 e. The molecule has 120 valence electrons. The molecule has 8 nitrogen and oxygen atoms in total. The van der Waals surface area contributed by atoms with Gasteiger partial charge in [0, 0.05) is 26.7 Å². The number of likely N-dealkylation sites (N-methyl/N-ethyl adjacent to an activating group) is 1. The van der Waals surface area contributed by atoms with Crippen molar-refractivity contribution in [1.29, 1.82) is 5.26 Å². The highest BCUT2D eigenvalue weighted by atomic mass is 35.5. The quantitative estimate of drug-likeness (QED) is 0.792. The van der Waals surface area contributed by atoms with E-state index in [4.69, 9.17) is 16.9 Å². The zero-order valence-corrected chi connectivity index (χ0v) is 13.4. The molecule has 3 aliphatic rings. The number of amides is 2. The van der Waals surface area contributed by atoms with Crippen LogP contribution in [0.1, 0.15) is 18.5 Å². The molecule has 9 heteroatoms. The average molecular weight is 334 g/mol. The maximum atomic E-state index is 12.3. The molecule has 23 heavy (non-hydrogen) atoms. The van der Waals surface area contributed by atoms with Gasteiger partial charge in [-0.1, -0.05) is 11.6 Å². The molecule has 4 rings (SSSR count). The summed E-state index contributed by atoms with van der Waals surface area (Å²) >= 11 is 5.98. The second-order valence-corrected chi connectivity index (χ2v) is 6.74. The zero-order valence-electron chi connectivity index (χ0n) is 12.7. The summed E-state index contributed by atoms with van der Waals surface area (Å²) in [4.78, 5) is 22.3. The maximum absolute atomic E-state index is 12.3. The molecule has 3 atom stereocenters. The van der Waals surface area contributed by atoms with Crippen molar-refractivity contribution in [2.24, 2.45) is 5.92 Å². The van der Waals surface area contributed by atoms with E-state index in [0.29, 0.717) is 11.9 Å². The maximum Gasteiger partial charge on any atom is 0.320 e. The van der Waals surface area contributed by atoms with Gasteiger partial charge in [-0.15, -0.1) is 10.2 Å². The molecule has 0 N–H and O–H groups in total. The fourth-order valence-electron chi connectivity index (χ4n) is 4.02. The Bertz CT molecular complexity index is 705. The summed E-state index contributed by atoms with van der Waals surface area (Å²) in [5.74, 6) is 0.980. The van der Waals surface area contributed by atoms with Crippen molar-refractivity contribution in [2.75, 3.05) is 31.6 Å². The number of carbonyl (C=O) groups excluding carboxylic acids is 1. The van der Waals surface area contributed by atoms with Crippen LogP contribution < -0.4 is 4.90 Å². The molecular weight excluding hydrogens is 318 g/mol. The topological polar surface area (TPSA) is 89.2 Å². The van der Waals surface area contributed by atoms with E-state index in [-0.39, 0.29) is 29.0 Å². The Morgan fingerprint density at radius 3 is 2.52 bits per heavy atom. The molecule has 0 radical (unpaired) electrons. The van der Waals surface area contributed by atoms with Crippen molar-refractivity contribution < 1.29 is 4.79 Å². The molecule has 0 spiro atoms. The van der Waals surface area contributed by atoms with Crippen molar-refractivity contribution >= 4 is 23.6 Å². The first-order chi connectivity index (χ1) is 11.1. The highest BCUT2D eigenvalue weighted by Crippen LogP contribution is 2.42. The van der Waals surface area contributed by atoms with Gasteiger partial charge in [-0.05, 0) is 18.8 Å². The van der Waals surface area contributed by atoms with Gasteiger partial charge in [-0.25, -0.2) is 4.79 Å². The molecule has 2 saturated heterocycles. The smallest absolute Gasteiger partial charge is 0.320 e. The zero-order chi connectivity index (χ0) is 16.1. The van der Waals surface area contributed by atoms with E-state index < -0.39 is 0 Å². The Kier molecular flexibility index (Phi) is 3.27. The minimum Gasteiger partial charge on any atom is -0.334 e. The minimum atomic E-state index is 0.0349. The van der Waals surface area contributed by atoms with Crippen LogP contribution in [0.4, 0.5) is 10.7 Å². The highest BCUT2D eigenvalue weighted by molar-refractivity contribution is 6.30. The van der Waals surface area contributed by atoms with Crippen LogP contribution in [0.5, 0.6) is 0 Å². The summed E-state index contributed by atoms with van der Waals surface area (Å²) in [6.07, 6.45) is 2.05. The van der Waals surface area contributed by atoms with Crippen molar-refractivity contribution in [1.82, 2.24) is 25.0 Å². The van der Waals surface area contributed by atoms with Gasteiger partial charge in [-0.3, -0.25) is 0 Å². The van der Waals surface area contributed by atoms with E-state index in [1.807, 2.05) is 18.0 Å². The summed E-state index contributed by atoms with van der Waals surface area (Å²) in [7, 11) is 1.83. The predicted molar refractivity (Wildman–Crippen MR) is 81.9 cm³/mol. The second-order valence-electron chi connectivity index (χ2n) is 6.39. The number of halogens is 1. The molecule has 1 aromatic rings. The molecule has 1 aliphatic carbocycles. The highest BCUT2D eigenvalue weighted by Gasteiger charge is 2.50. The Morgan fingerprint density at radius 2 is 1.96 bits per heavy atom. The van der Waals surface area contributed by atoms with E-state index >= 15 is 0 Å². The number of piperidine rings is 1. The van der Waals surface area contributed by atoms with Crippen molar-refractivity contribution in [3.8, 4) is 6.07 Å². The molecule has 3 heterocycles. The Morgan fingerprint density at radius 1 is 1.22 bits per heavy atom. The number of carbonyl (C=O) groups is 1. The van der Waals surface area contributed by atoms with Crippen molar-refractivity contribution in [2.45, 2.75) is 24.9 Å². The molecule has 3 fully saturated rings. The van der Waals surface area contributed by atoms with E-state index in [2.05, 4.69) is 20.1 Å². The van der Waals surface area contributed by atoms with Gasteiger partial charge in [0.25, 0.3) is 0 Å². The number of rotatable bonds is 2. The average Bonchev–Trinajstić information content (AvgIpc) is 3.22. The molecule has 2 bridgehead atoms. The summed E-state index contributed by atoms with van der Waals surface area (Å²) in [5.41, 5.74) is 0.0349. The molecular formula is C14H16ClN7O. The van der Waals surface area contributed by atoms with Crippen LogP contribution in [0, 0.1) is 17.2 Å². The van der Waals surface area contributed by atoms with E-state index in [1.54, 1.807) is 4.90 Å². The Hall–Kier alpha value is -2.14. The van der Waals surface area contributed by atoms with Crippen LogP contribution in [-0.2, 0) is 0 Å². The van der Waals surface area contributed by atoms with E-state index in [9.17, 15) is 4.79 Å². The van der Waals surface area contributed by atoms with Crippen LogP contribution in [-0.4, -0.2) is 69.8 Å². The Labute approximate surface area is 138 Å². The van der Waals surface area contributed by atoms with Gasteiger partial charge in [0.1, 0.15) is 6.07 Å². The van der Waals surface area contributed by atoms with Gasteiger partial charge >= 0.3 is 6.03 Å². The molecule has 2 amide bonds. The van der Waals surface area contributed by atoms with Crippen LogP contribution in [0.2, 0.25) is 5.15 Å². The predicted octanol–water partition coefficient (Wildman–Crippen LogP) is 0.731. The van der Waals surface area contributed by atoms with Gasteiger partial charge in [-0.2, -0.15) is 10.2 Å². The lowest BCUT2D eigenvalue weighted by Gasteiger charge is -2.37. The molecule has 1 aromatic heterocycles. The van der Waals surface area contributed by atoms with Gasteiger partial charge in [0.05, 0.1) is 12.1 Å². The first-order valence-electron chi connectivity index (χ1n) is 7.67. The second kappa shape index (κ2) is 5.20. The number of nitrogens with zero attached hydrogens (tertiary/aromatic N) is 7. The summed E-state index contributed by atoms with van der Waals surface area (Å²) in [6, 6.07) is 2.34. The third-order valence-corrected chi connectivity index (χ3v) is 5.36. The first kappa shape index (κ1) is 14.5. The van der Waals surface area contributed by atoms with Crippen molar-refractivity contribution in [3.05, 3.63) is 10.8 Å². The number of hydrogen-bond acceptors (Lipinski definition) is 6. The lowest BCUT2D eigenvalue weighted by molar-refractivity contribution is 0.173. The number of urea groups is 1. The van der Waals surface area contributed by atoms with Crippen LogP contribution in [0.25, 0.3) is 0 Å². The SMILES string of the molecule is CN1CCN(C2CC3CC2N(c2nnc(C#N)c(Cl)n2)C3)C1=O. The monoisotopic (exact) mass is 333 g/mol. The minimum absolute atomic E-state index is 0.0349. The summed E-state index contributed by atoms with van der Waals surface area (Å²) in [6.45, 7) is 2.39. The molecule has 1 saturated carbocycles. The summed E-state index contributed by atoms with van der Waals surface area (Å²) < 4.78 is 0. The van der Waals surface area contributed by atoms with Crippen LogP contribution in [0.15, 0.2) is 0 Å². The van der Waals surface area contributed by atoms with Crippen LogP contribution >= 0.6 is 11.6 Å². The number of aromatic nitrogens is 3. The lowest BCUT2D eigenvalue weighted by atomic mass is 10.0. The van der Waals surface area contributed by atoms with E-state index in [1.165, 1.54) is 0 Å². The molecule has 0 aromatic carbocycles. The summed E-state index contributed by atoms with van der Waals surface area (Å²) in [5, 5.41) is 16.8. The van der Waals surface area contributed by atoms with E-state index in [0.717, 1.165) is 32.5 Å². The third-order valence-electron chi connectivity index (χ3n) is 5.09. The van der Waals surface area contributed by atoms with Crippen LogP contribution in [0.3, 0.4) is 0 Å². The van der Waals surface area contributed by atoms with Crippen molar-refractivity contribution in [3.63, 3.8) is 0 Å². The third kappa shape index (κ3) is 2.18. The fraction of sp³-hybridized carbons (Fsp3) is 0.643. The van der Waals surface area contributed by atoms with Gasteiger partial charge < -0.3 is 14.7 Å². The number of nitriles is 1. The Balaban J connectivity index is 1.59. The first-order valence-corrected chi connectivity index (χ1v) is 8.05. The number of hydrogen-bond donors (Lipinski definition) is 0. The lowest BCUT2D eigenvalue weighted by Crippen LogP contribution is -2.52. The number of anilines is 1.